The van der Waals surface area contributed by atoms with Gasteiger partial charge in [-0.1, -0.05) is 0 Å². The van der Waals surface area contributed by atoms with Crippen LogP contribution in [0.1, 0.15) is 20.7 Å². The van der Waals surface area contributed by atoms with E-state index >= 15 is 0 Å². The van der Waals surface area contributed by atoms with Gasteiger partial charge in [0.1, 0.15) is 0 Å². The number of hydrogen-bond acceptors (Lipinski definition) is 6. The number of hydrogen-bond donors (Lipinski definition) is 4. The average Bonchev–Trinajstić information content (AvgIpc) is 2.55. The molecule has 0 aromatic heterocycles. The summed E-state index contributed by atoms with van der Waals surface area (Å²) in [6.45, 7) is 0. The van der Waals surface area contributed by atoms with Crippen molar-refractivity contribution in [2.45, 2.75) is 0 Å². The number of nitrogens with two attached hydrogens (primary N) is 2. The van der Waals surface area contributed by atoms with Crippen molar-refractivity contribution in [3.05, 3.63) is 59.7 Å². The lowest BCUT2D eigenvalue weighted by Crippen LogP contribution is -2.44. The monoisotopic (exact) mass is 326 g/mol. The quantitative estimate of drug-likeness (QED) is 0.454. The summed E-state index contributed by atoms with van der Waals surface area (Å²) in [5.74, 6) is -4.06. The van der Waals surface area contributed by atoms with Crippen LogP contribution < -0.4 is 22.1 Å². The molecular formula is C16H14N4O4. The Bertz CT molecular complexity index is 728. The fourth-order valence-corrected chi connectivity index (χ4v) is 1.73. The molecule has 4 amide bonds. The van der Waals surface area contributed by atoms with E-state index in [2.05, 4.69) is 0 Å². The predicted octanol–water partition coefficient (Wildman–Crippen LogP) is 0.0640. The van der Waals surface area contributed by atoms with E-state index in [0.717, 1.165) is 0 Å². The lowest BCUT2D eigenvalue weighted by molar-refractivity contribution is -0.138. The third-order valence-electron chi connectivity index (χ3n) is 3.01. The minimum absolute atomic E-state index is 0.148. The molecule has 0 atom stereocenters. The minimum Gasteiger partial charge on any atom is -0.399 e. The van der Waals surface area contributed by atoms with Gasteiger partial charge in [-0.2, -0.15) is 0 Å². The summed E-state index contributed by atoms with van der Waals surface area (Å²) >= 11 is 0. The second-order valence-corrected chi connectivity index (χ2v) is 4.81. The zero-order chi connectivity index (χ0) is 17.7. The smallest absolute Gasteiger partial charge is 0.316 e. The van der Waals surface area contributed by atoms with Gasteiger partial charge >= 0.3 is 11.8 Å². The van der Waals surface area contributed by atoms with E-state index < -0.39 is 23.6 Å². The fraction of sp³-hybridized carbons (Fsp3) is 0. The molecule has 0 aliphatic carbocycles. The molecule has 6 N–H and O–H groups in total. The van der Waals surface area contributed by atoms with Crippen LogP contribution in [0.4, 0.5) is 11.4 Å². The molecule has 0 heterocycles. The van der Waals surface area contributed by atoms with E-state index in [-0.39, 0.29) is 11.1 Å². The highest BCUT2D eigenvalue weighted by molar-refractivity contribution is 6.41. The second-order valence-electron chi connectivity index (χ2n) is 4.81. The molecule has 0 aliphatic rings. The van der Waals surface area contributed by atoms with Crippen LogP contribution in [0.25, 0.3) is 0 Å². The van der Waals surface area contributed by atoms with Crippen molar-refractivity contribution >= 4 is 35.0 Å². The molecule has 0 spiro atoms. The molecule has 0 saturated carbocycles. The summed E-state index contributed by atoms with van der Waals surface area (Å²) in [7, 11) is 0. The minimum atomic E-state index is -1.25. The molecule has 0 bridgehead atoms. The van der Waals surface area contributed by atoms with Crippen LogP contribution in [0.2, 0.25) is 0 Å². The zero-order valence-electron chi connectivity index (χ0n) is 12.4. The molecular weight excluding hydrogens is 312 g/mol. The Hall–Kier alpha value is -3.68. The van der Waals surface area contributed by atoms with Gasteiger partial charge < -0.3 is 11.5 Å². The van der Waals surface area contributed by atoms with Crippen molar-refractivity contribution in [3.8, 4) is 0 Å². The van der Waals surface area contributed by atoms with Gasteiger partial charge in [-0.25, -0.2) is 0 Å². The molecule has 0 saturated heterocycles. The SMILES string of the molecule is Nc1ccc(C(=O)NC(=O)C(=O)NC(=O)c2ccc(N)cc2)cc1. The third kappa shape index (κ3) is 4.17. The first-order chi connectivity index (χ1) is 11.4. The van der Waals surface area contributed by atoms with E-state index in [1.54, 1.807) is 0 Å². The van der Waals surface area contributed by atoms with Gasteiger partial charge in [-0.05, 0) is 48.5 Å². The van der Waals surface area contributed by atoms with Crippen molar-refractivity contribution in [2.75, 3.05) is 11.5 Å². The second kappa shape index (κ2) is 7.05. The summed E-state index contributed by atoms with van der Waals surface area (Å²) in [6, 6.07) is 11.5. The Kier molecular flexibility index (Phi) is 4.90. The molecule has 8 nitrogen and oxygen atoms in total. The van der Waals surface area contributed by atoms with Crippen LogP contribution in [0.15, 0.2) is 48.5 Å². The molecule has 2 aromatic carbocycles. The summed E-state index contributed by atoms with van der Waals surface area (Å²) in [5.41, 5.74) is 12.2. The Morgan fingerprint density at radius 3 is 1.17 bits per heavy atom. The number of anilines is 2. The molecule has 2 rings (SSSR count). The largest absolute Gasteiger partial charge is 0.399 e. The van der Waals surface area contributed by atoms with Crippen LogP contribution in [-0.2, 0) is 9.59 Å². The fourth-order valence-electron chi connectivity index (χ4n) is 1.73. The Morgan fingerprint density at radius 2 is 0.875 bits per heavy atom. The van der Waals surface area contributed by atoms with Crippen LogP contribution in [-0.4, -0.2) is 23.6 Å². The summed E-state index contributed by atoms with van der Waals surface area (Å²) in [4.78, 5) is 47.0. The van der Waals surface area contributed by atoms with Crippen molar-refractivity contribution in [2.24, 2.45) is 0 Å². The number of amides is 4. The Labute approximate surface area is 136 Å². The number of nitrogen functional groups attached to an aromatic ring is 2. The van der Waals surface area contributed by atoms with E-state index in [0.29, 0.717) is 11.4 Å². The third-order valence-corrected chi connectivity index (χ3v) is 3.01. The topological polar surface area (TPSA) is 144 Å². The van der Waals surface area contributed by atoms with E-state index in [4.69, 9.17) is 11.5 Å². The molecule has 8 heteroatoms. The predicted molar refractivity (Wildman–Crippen MR) is 86.7 cm³/mol. The number of benzene rings is 2. The van der Waals surface area contributed by atoms with E-state index in [9.17, 15) is 19.2 Å². The van der Waals surface area contributed by atoms with Gasteiger partial charge in [-0.3, -0.25) is 29.8 Å². The maximum Gasteiger partial charge on any atom is 0.316 e. The average molecular weight is 326 g/mol. The van der Waals surface area contributed by atoms with Gasteiger partial charge in [0.2, 0.25) is 0 Å². The first kappa shape index (κ1) is 16.7. The van der Waals surface area contributed by atoms with Crippen molar-refractivity contribution in [1.82, 2.24) is 10.6 Å². The number of carbonyl (C=O) groups excluding carboxylic acids is 4. The van der Waals surface area contributed by atoms with Crippen LogP contribution in [0.5, 0.6) is 0 Å². The summed E-state index contributed by atoms with van der Waals surface area (Å²) < 4.78 is 0. The van der Waals surface area contributed by atoms with Gasteiger partial charge in [0, 0.05) is 22.5 Å². The molecule has 0 unspecified atom stereocenters. The molecule has 2 aromatic rings. The highest BCUT2D eigenvalue weighted by Crippen LogP contribution is 2.06. The van der Waals surface area contributed by atoms with Crippen LogP contribution >= 0.6 is 0 Å². The maximum atomic E-state index is 11.8. The van der Waals surface area contributed by atoms with Crippen molar-refractivity contribution in [1.29, 1.82) is 0 Å². The Balaban J connectivity index is 1.95. The first-order valence-corrected chi connectivity index (χ1v) is 6.79. The lowest BCUT2D eigenvalue weighted by Gasteiger charge is -2.05. The number of imide groups is 2. The summed E-state index contributed by atoms with van der Waals surface area (Å²) in [5, 5.41) is 3.76. The summed E-state index contributed by atoms with van der Waals surface area (Å²) in [6.07, 6.45) is 0. The number of carbonyl (C=O) groups is 4. The van der Waals surface area contributed by atoms with Crippen molar-refractivity contribution < 1.29 is 19.2 Å². The highest BCUT2D eigenvalue weighted by Gasteiger charge is 2.20. The highest BCUT2D eigenvalue weighted by atomic mass is 16.2. The molecule has 0 radical (unpaired) electrons. The molecule has 24 heavy (non-hydrogen) atoms. The van der Waals surface area contributed by atoms with Crippen LogP contribution in [0.3, 0.4) is 0 Å². The Morgan fingerprint density at radius 1 is 0.583 bits per heavy atom. The lowest BCUT2D eigenvalue weighted by atomic mass is 10.2. The molecule has 0 fully saturated rings. The number of rotatable bonds is 2. The van der Waals surface area contributed by atoms with Gasteiger partial charge in [0.25, 0.3) is 11.8 Å². The standard InChI is InChI=1S/C16H14N4O4/c17-11-5-1-9(2-6-11)13(21)19-15(23)16(24)20-14(22)10-3-7-12(18)8-4-10/h1-8H,17-18H2,(H,19,21,23)(H,20,22,24). The van der Waals surface area contributed by atoms with E-state index in [1.165, 1.54) is 48.5 Å². The maximum absolute atomic E-state index is 11.8. The van der Waals surface area contributed by atoms with Gasteiger partial charge in [0.15, 0.2) is 0 Å². The normalized spacial score (nSPS) is 9.83. The van der Waals surface area contributed by atoms with Crippen LogP contribution in [0, 0.1) is 0 Å². The van der Waals surface area contributed by atoms with Crippen molar-refractivity contribution in [3.63, 3.8) is 0 Å². The first-order valence-electron chi connectivity index (χ1n) is 6.79. The zero-order valence-corrected chi connectivity index (χ0v) is 12.4. The number of nitrogens with one attached hydrogen (secondary N) is 2. The van der Waals surface area contributed by atoms with E-state index in [1.807, 2.05) is 10.6 Å². The molecule has 122 valence electrons. The molecule has 0 aliphatic heterocycles. The van der Waals surface area contributed by atoms with Gasteiger partial charge in [0.05, 0.1) is 0 Å². The van der Waals surface area contributed by atoms with Gasteiger partial charge in [-0.15, -0.1) is 0 Å².